The summed E-state index contributed by atoms with van der Waals surface area (Å²) in [5.41, 5.74) is 3.41. The molecule has 0 aliphatic heterocycles. The number of nitrogens with zero attached hydrogens (tertiary/aromatic N) is 4. The molecule has 0 aliphatic carbocycles. The van der Waals surface area contributed by atoms with Crippen LogP contribution in [0.15, 0.2) is 84.3 Å². The summed E-state index contributed by atoms with van der Waals surface area (Å²) >= 11 is 1.36. The monoisotopic (exact) mass is 441 g/mol. The van der Waals surface area contributed by atoms with Gasteiger partial charge in [-0.25, -0.2) is 0 Å². The van der Waals surface area contributed by atoms with Gasteiger partial charge in [0.1, 0.15) is 0 Å². The molecule has 7 nitrogen and oxygen atoms in total. The number of rotatable bonds is 7. The van der Waals surface area contributed by atoms with E-state index in [2.05, 4.69) is 32.3 Å². The number of Topliss-reactive ketones (excluding diaryl/α,β-unsaturated/α-hetero) is 1. The number of hydrogen-bond donors (Lipinski definition) is 2. The van der Waals surface area contributed by atoms with E-state index in [9.17, 15) is 9.90 Å². The number of carbonyl (C=O) groups is 1. The Morgan fingerprint density at radius 3 is 2.62 bits per heavy atom. The molecule has 0 atom stereocenters. The minimum atomic E-state index is -0.0164. The lowest BCUT2D eigenvalue weighted by molar-refractivity contribution is 0.102. The quantitative estimate of drug-likeness (QED) is 0.284. The zero-order chi connectivity index (χ0) is 21.9. The topological polar surface area (TPSA) is 96.7 Å². The van der Waals surface area contributed by atoms with Crippen molar-refractivity contribution in [1.82, 2.24) is 24.7 Å². The van der Waals surface area contributed by atoms with E-state index in [1.165, 1.54) is 11.8 Å². The molecule has 32 heavy (non-hydrogen) atoms. The summed E-state index contributed by atoms with van der Waals surface area (Å²) in [6.07, 6.45) is 3.45. The maximum absolute atomic E-state index is 12.9. The number of aromatic amines is 1. The molecule has 3 aromatic heterocycles. The SMILES string of the molecule is O=C(CSc1nnc(-c2ccncc2)n1Cc1ccccc1)c1ccc2[nH]c(O)cc2c1. The fourth-order valence-corrected chi connectivity index (χ4v) is 4.36. The molecule has 0 radical (unpaired) electrons. The summed E-state index contributed by atoms with van der Waals surface area (Å²) in [5.74, 6) is 1.02. The fraction of sp³-hybridized carbons (Fsp3) is 0.0833. The Kier molecular flexibility index (Phi) is 5.43. The molecule has 0 saturated carbocycles. The summed E-state index contributed by atoms with van der Waals surface area (Å²) in [4.78, 5) is 19.8. The normalized spacial score (nSPS) is 11.1. The molecule has 0 saturated heterocycles. The van der Waals surface area contributed by atoms with Crippen molar-refractivity contribution in [2.24, 2.45) is 0 Å². The summed E-state index contributed by atoms with van der Waals surface area (Å²) in [6.45, 7) is 0.594. The molecular weight excluding hydrogens is 422 g/mol. The predicted octanol–water partition coefficient (Wildman–Crippen LogP) is 4.55. The third kappa shape index (κ3) is 4.13. The van der Waals surface area contributed by atoms with Crippen molar-refractivity contribution >= 4 is 28.4 Å². The van der Waals surface area contributed by atoms with Gasteiger partial charge in [-0.1, -0.05) is 42.1 Å². The van der Waals surface area contributed by atoms with Crippen molar-refractivity contribution in [3.63, 3.8) is 0 Å². The maximum Gasteiger partial charge on any atom is 0.192 e. The van der Waals surface area contributed by atoms with E-state index in [-0.39, 0.29) is 17.4 Å². The highest BCUT2D eigenvalue weighted by Gasteiger charge is 2.17. The van der Waals surface area contributed by atoms with Gasteiger partial charge < -0.3 is 10.1 Å². The van der Waals surface area contributed by atoms with Crippen molar-refractivity contribution in [1.29, 1.82) is 0 Å². The lowest BCUT2D eigenvalue weighted by Gasteiger charge is -2.10. The molecule has 5 aromatic rings. The number of aromatic nitrogens is 5. The van der Waals surface area contributed by atoms with E-state index >= 15 is 0 Å². The molecule has 2 N–H and O–H groups in total. The molecule has 0 unspecified atom stereocenters. The molecule has 0 fully saturated rings. The van der Waals surface area contributed by atoms with Crippen molar-refractivity contribution in [3.8, 4) is 17.3 Å². The summed E-state index contributed by atoms with van der Waals surface area (Å²) in [5, 5.41) is 19.9. The van der Waals surface area contributed by atoms with Gasteiger partial charge in [-0.2, -0.15) is 0 Å². The molecule has 8 heteroatoms. The highest BCUT2D eigenvalue weighted by molar-refractivity contribution is 7.99. The number of nitrogens with one attached hydrogen (secondary N) is 1. The number of benzene rings is 2. The molecular formula is C24H19N5O2S. The average Bonchev–Trinajstić information content (AvgIpc) is 3.40. The molecule has 3 heterocycles. The first-order valence-corrected chi connectivity index (χ1v) is 11.0. The van der Waals surface area contributed by atoms with Gasteiger partial charge in [0.05, 0.1) is 12.3 Å². The lowest BCUT2D eigenvalue weighted by Crippen LogP contribution is -2.07. The Bertz CT molecular complexity index is 1380. The highest BCUT2D eigenvalue weighted by atomic mass is 32.2. The smallest absolute Gasteiger partial charge is 0.192 e. The first-order valence-electron chi connectivity index (χ1n) is 10.0. The number of H-pyrrole nitrogens is 1. The molecule has 0 amide bonds. The van der Waals surface area contributed by atoms with Gasteiger partial charge in [-0.05, 0) is 35.9 Å². The summed E-state index contributed by atoms with van der Waals surface area (Å²) in [6, 6.07) is 20.8. The van der Waals surface area contributed by atoms with Crippen LogP contribution in [-0.2, 0) is 6.54 Å². The zero-order valence-corrected chi connectivity index (χ0v) is 17.8. The minimum Gasteiger partial charge on any atom is -0.495 e. The van der Waals surface area contributed by atoms with Crippen molar-refractivity contribution in [3.05, 3.63) is 90.3 Å². The van der Waals surface area contributed by atoms with Crippen molar-refractivity contribution < 1.29 is 9.90 Å². The highest BCUT2D eigenvalue weighted by Crippen LogP contribution is 2.26. The fourth-order valence-electron chi connectivity index (χ4n) is 3.52. The van der Waals surface area contributed by atoms with E-state index in [4.69, 9.17) is 0 Å². The number of fused-ring (bicyclic) bond motifs is 1. The van der Waals surface area contributed by atoms with Crippen LogP contribution in [0.5, 0.6) is 5.88 Å². The van der Waals surface area contributed by atoms with Gasteiger partial charge in [0.25, 0.3) is 0 Å². The Morgan fingerprint density at radius 1 is 1.00 bits per heavy atom. The second-order valence-corrected chi connectivity index (χ2v) is 8.22. The third-order valence-corrected chi connectivity index (χ3v) is 6.07. The van der Waals surface area contributed by atoms with E-state index in [0.717, 1.165) is 27.9 Å². The van der Waals surface area contributed by atoms with Crippen LogP contribution in [0.3, 0.4) is 0 Å². The molecule has 0 spiro atoms. The molecule has 158 valence electrons. The van der Waals surface area contributed by atoms with E-state index < -0.39 is 0 Å². The summed E-state index contributed by atoms with van der Waals surface area (Å²) in [7, 11) is 0. The minimum absolute atomic E-state index is 0.0164. The van der Waals surface area contributed by atoms with Crippen LogP contribution < -0.4 is 0 Å². The standard InChI is InChI=1S/C24H19N5O2S/c30-21(18-6-7-20-19(12-18)13-22(31)26-20)15-32-24-28-27-23(17-8-10-25-11-9-17)29(24)14-16-4-2-1-3-5-16/h1-13,26,31H,14-15H2. The molecule has 0 bridgehead atoms. The number of aromatic hydroxyl groups is 1. The first-order chi connectivity index (χ1) is 15.7. The predicted molar refractivity (Wildman–Crippen MR) is 124 cm³/mol. The molecule has 2 aromatic carbocycles. The van der Waals surface area contributed by atoms with Gasteiger partial charge >= 0.3 is 0 Å². The zero-order valence-electron chi connectivity index (χ0n) is 17.0. The van der Waals surface area contributed by atoms with E-state index in [1.807, 2.05) is 34.9 Å². The second kappa shape index (κ2) is 8.68. The van der Waals surface area contributed by atoms with Gasteiger partial charge in [0.2, 0.25) is 0 Å². The number of hydrogen-bond acceptors (Lipinski definition) is 6. The average molecular weight is 442 g/mol. The van der Waals surface area contributed by atoms with Crippen molar-refractivity contribution in [2.45, 2.75) is 11.7 Å². The Hall–Kier alpha value is -3.91. The maximum atomic E-state index is 12.9. The van der Waals surface area contributed by atoms with Crippen LogP contribution in [0.4, 0.5) is 0 Å². The van der Waals surface area contributed by atoms with Crippen LogP contribution in [0.25, 0.3) is 22.3 Å². The number of ketones is 1. The van der Waals surface area contributed by atoms with Crippen LogP contribution in [-0.4, -0.2) is 41.4 Å². The Morgan fingerprint density at radius 2 is 1.81 bits per heavy atom. The van der Waals surface area contributed by atoms with Crippen molar-refractivity contribution in [2.75, 3.05) is 5.75 Å². The van der Waals surface area contributed by atoms with E-state index in [0.29, 0.717) is 17.3 Å². The third-order valence-electron chi connectivity index (χ3n) is 5.10. The van der Waals surface area contributed by atoms with Crippen LogP contribution in [0.2, 0.25) is 0 Å². The van der Waals surface area contributed by atoms with Crippen LogP contribution in [0, 0.1) is 0 Å². The molecule has 5 rings (SSSR count). The van der Waals surface area contributed by atoms with Gasteiger partial charge in [0, 0.05) is 40.5 Å². The first kappa shape index (κ1) is 20.0. The second-order valence-electron chi connectivity index (χ2n) is 7.28. The van der Waals surface area contributed by atoms with Gasteiger partial charge in [-0.3, -0.25) is 14.3 Å². The number of pyridine rings is 1. The number of thioether (sulfide) groups is 1. The van der Waals surface area contributed by atoms with Gasteiger partial charge in [-0.15, -0.1) is 10.2 Å². The lowest BCUT2D eigenvalue weighted by atomic mass is 10.1. The van der Waals surface area contributed by atoms with Crippen LogP contribution >= 0.6 is 11.8 Å². The largest absolute Gasteiger partial charge is 0.495 e. The molecule has 0 aliphatic rings. The van der Waals surface area contributed by atoms with Gasteiger partial charge in [0.15, 0.2) is 22.6 Å². The summed E-state index contributed by atoms with van der Waals surface area (Å²) < 4.78 is 2.02. The van der Waals surface area contributed by atoms with E-state index in [1.54, 1.807) is 36.7 Å². The Balaban J connectivity index is 1.41. The van der Waals surface area contributed by atoms with Crippen LogP contribution in [0.1, 0.15) is 15.9 Å². The number of carbonyl (C=O) groups excluding carboxylic acids is 1. The Labute approximate surface area is 188 Å².